The van der Waals surface area contributed by atoms with E-state index in [1.807, 2.05) is 13.0 Å². The standard InChI is InChI=1S/C10H9NO2S/c1-5-4-7-8(14-5)3-2-6(9(7)11)10(12)13/h2-4H,11H2,1H3,(H,12,13). The van der Waals surface area contributed by atoms with E-state index < -0.39 is 5.97 Å². The molecule has 3 N–H and O–H groups in total. The number of aryl methyl sites for hydroxylation is 1. The zero-order valence-corrected chi connectivity index (χ0v) is 8.39. The molecule has 0 fully saturated rings. The van der Waals surface area contributed by atoms with E-state index in [1.54, 1.807) is 23.5 Å². The molecular weight excluding hydrogens is 198 g/mol. The maximum absolute atomic E-state index is 10.8. The van der Waals surface area contributed by atoms with Gasteiger partial charge < -0.3 is 10.8 Å². The summed E-state index contributed by atoms with van der Waals surface area (Å²) in [6.45, 7) is 1.98. The first kappa shape index (κ1) is 9.02. The largest absolute Gasteiger partial charge is 0.478 e. The van der Waals surface area contributed by atoms with E-state index in [2.05, 4.69) is 0 Å². The van der Waals surface area contributed by atoms with Crippen LogP contribution in [-0.2, 0) is 0 Å². The van der Waals surface area contributed by atoms with Crippen molar-refractivity contribution in [2.75, 3.05) is 5.73 Å². The number of hydrogen-bond donors (Lipinski definition) is 2. The van der Waals surface area contributed by atoms with Crippen molar-refractivity contribution in [3.8, 4) is 0 Å². The molecule has 2 aromatic rings. The first-order valence-electron chi connectivity index (χ1n) is 4.11. The lowest BCUT2D eigenvalue weighted by atomic mass is 10.1. The minimum absolute atomic E-state index is 0.176. The van der Waals surface area contributed by atoms with Crippen LogP contribution in [0, 0.1) is 6.92 Å². The maximum Gasteiger partial charge on any atom is 0.337 e. The Bertz CT molecular complexity index is 516. The third-order valence-electron chi connectivity index (χ3n) is 2.10. The van der Waals surface area contributed by atoms with Crippen molar-refractivity contribution in [1.29, 1.82) is 0 Å². The molecule has 0 bridgehead atoms. The third-order valence-corrected chi connectivity index (χ3v) is 3.11. The fourth-order valence-corrected chi connectivity index (χ4v) is 2.39. The molecule has 3 nitrogen and oxygen atoms in total. The number of nitrogen functional groups attached to an aromatic ring is 1. The van der Waals surface area contributed by atoms with Gasteiger partial charge in [0, 0.05) is 15.0 Å². The van der Waals surface area contributed by atoms with E-state index in [1.165, 1.54) is 0 Å². The van der Waals surface area contributed by atoms with Crippen LogP contribution in [0.25, 0.3) is 10.1 Å². The molecule has 0 aliphatic carbocycles. The van der Waals surface area contributed by atoms with Crippen LogP contribution in [0.4, 0.5) is 5.69 Å². The van der Waals surface area contributed by atoms with Crippen LogP contribution in [0.5, 0.6) is 0 Å². The number of benzene rings is 1. The van der Waals surface area contributed by atoms with Crippen LogP contribution in [0.2, 0.25) is 0 Å². The molecule has 1 aromatic heterocycles. The monoisotopic (exact) mass is 207 g/mol. The molecule has 4 heteroatoms. The number of carboxylic acids is 1. The van der Waals surface area contributed by atoms with Gasteiger partial charge in [-0.15, -0.1) is 11.3 Å². The highest BCUT2D eigenvalue weighted by molar-refractivity contribution is 7.19. The molecule has 0 saturated heterocycles. The summed E-state index contributed by atoms with van der Waals surface area (Å²) >= 11 is 1.61. The van der Waals surface area contributed by atoms with Crippen molar-refractivity contribution in [3.05, 3.63) is 28.6 Å². The smallest absolute Gasteiger partial charge is 0.337 e. The van der Waals surface area contributed by atoms with Crippen LogP contribution in [0.1, 0.15) is 15.2 Å². The second-order valence-corrected chi connectivity index (χ2v) is 4.39. The normalized spacial score (nSPS) is 10.6. The second kappa shape index (κ2) is 2.99. The van der Waals surface area contributed by atoms with Gasteiger partial charge in [-0.05, 0) is 25.1 Å². The zero-order chi connectivity index (χ0) is 10.3. The van der Waals surface area contributed by atoms with Gasteiger partial charge in [0.15, 0.2) is 0 Å². The molecule has 0 aliphatic heterocycles. The fraction of sp³-hybridized carbons (Fsp3) is 0.100. The molecule has 0 atom stereocenters. The highest BCUT2D eigenvalue weighted by Gasteiger charge is 2.11. The van der Waals surface area contributed by atoms with Crippen LogP contribution in [-0.4, -0.2) is 11.1 Å². The minimum Gasteiger partial charge on any atom is -0.478 e. The number of thiophene rings is 1. The van der Waals surface area contributed by atoms with Gasteiger partial charge in [0.25, 0.3) is 0 Å². The summed E-state index contributed by atoms with van der Waals surface area (Å²) in [5.74, 6) is -0.978. The third kappa shape index (κ3) is 1.24. The lowest BCUT2D eigenvalue weighted by Crippen LogP contribution is -2.01. The average molecular weight is 207 g/mol. The van der Waals surface area contributed by atoms with Gasteiger partial charge in [0.2, 0.25) is 0 Å². The maximum atomic E-state index is 10.8. The number of fused-ring (bicyclic) bond motifs is 1. The van der Waals surface area contributed by atoms with Crippen molar-refractivity contribution in [3.63, 3.8) is 0 Å². The highest BCUT2D eigenvalue weighted by atomic mass is 32.1. The summed E-state index contributed by atoms with van der Waals surface area (Å²) < 4.78 is 1.03. The second-order valence-electron chi connectivity index (χ2n) is 3.10. The molecule has 14 heavy (non-hydrogen) atoms. The average Bonchev–Trinajstić information content (AvgIpc) is 2.46. The molecule has 72 valence electrons. The summed E-state index contributed by atoms with van der Waals surface area (Å²) in [6.07, 6.45) is 0. The summed E-state index contributed by atoms with van der Waals surface area (Å²) in [4.78, 5) is 11.9. The van der Waals surface area contributed by atoms with E-state index in [0.29, 0.717) is 5.69 Å². The van der Waals surface area contributed by atoms with Crippen LogP contribution < -0.4 is 5.73 Å². The molecule has 1 heterocycles. The number of anilines is 1. The van der Waals surface area contributed by atoms with Crippen LogP contribution >= 0.6 is 11.3 Å². The number of hydrogen-bond acceptors (Lipinski definition) is 3. The van der Waals surface area contributed by atoms with Gasteiger partial charge in [0.05, 0.1) is 11.3 Å². The minimum atomic E-state index is -0.978. The van der Waals surface area contributed by atoms with Crippen LogP contribution in [0.3, 0.4) is 0 Å². The predicted octanol–water partition coefficient (Wildman–Crippen LogP) is 2.49. The molecule has 0 amide bonds. The van der Waals surface area contributed by atoms with Crippen molar-refractivity contribution in [2.24, 2.45) is 0 Å². The van der Waals surface area contributed by atoms with E-state index in [-0.39, 0.29) is 5.56 Å². The molecule has 1 aromatic carbocycles. The first-order chi connectivity index (χ1) is 6.59. The Morgan fingerprint density at radius 2 is 2.21 bits per heavy atom. The molecule has 0 saturated carbocycles. The van der Waals surface area contributed by atoms with Gasteiger partial charge in [0.1, 0.15) is 0 Å². The van der Waals surface area contributed by atoms with Crippen molar-refractivity contribution in [2.45, 2.75) is 6.92 Å². The van der Waals surface area contributed by atoms with Crippen molar-refractivity contribution in [1.82, 2.24) is 0 Å². The summed E-state index contributed by atoms with van der Waals surface area (Å²) in [5, 5.41) is 9.70. The molecule has 0 radical (unpaired) electrons. The molecule has 2 rings (SSSR count). The Hall–Kier alpha value is -1.55. The lowest BCUT2D eigenvalue weighted by Gasteiger charge is -2.00. The molecular formula is C10H9NO2S. The lowest BCUT2D eigenvalue weighted by molar-refractivity contribution is 0.0698. The quantitative estimate of drug-likeness (QED) is 0.706. The fourth-order valence-electron chi connectivity index (χ4n) is 1.45. The summed E-state index contributed by atoms with van der Waals surface area (Å²) in [7, 11) is 0. The Morgan fingerprint density at radius 1 is 1.50 bits per heavy atom. The van der Waals surface area contributed by atoms with E-state index in [0.717, 1.165) is 15.0 Å². The predicted molar refractivity (Wildman–Crippen MR) is 57.9 cm³/mol. The van der Waals surface area contributed by atoms with Gasteiger partial charge in [-0.25, -0.2) is 4.79 Å². The number of carboxylic acid groups (broad SMARTS) is 1. The summed E-state index contributed by atoms with van der Waals surface area (Å²) in [5.41, 5.74) is 6.30. The zero-order valence-electron chi connectivity index (χ0n) is 7.57. The Kier molecular flexibility index (Phi) is 1.93. The van der Waals surface area contributed by atoms with E-state index in [9.17, 15) is 4.79 Å². The SMILES string of the molecule is Cc1cc2c(N)c(C(=O)O)ccc2s1. The summed E-state index contributed by atoms with van der Waals surface area (Å²) in [6, 6.07) is 5.27. The number of aromatic carboxylic acids is 1. The molecule has 0 spiro atoms. The number of nitrogens with two attached hydrogens (primary N) is 1. The highest BCUT2D eigenvalue weighted by Crippen LogP contribution is 2.31. The Labute approximate surface area is 84.8 Å². The van der Waals surface area contributed by atoms with Gasteiger partial charge >= 0.3 is 5.97 Å². The van der Waals surface area contributed by atoms with E-state index >= 15 is 0 Å². The number of carbonyl (C=O) groups is 1. The van der Waals surface area contributed by atoms with Crippen molar-refractivity contribution < 1.29 is 9.90 Å². The van der Waals surface area contributed by atoms with Crippen molar-refractivity contribution >= 4 is 33.1 Å². The molecule has 0 unspecified atom stereocenters. The first-order valence-corrected chi connectivity index (χ1v) is 4.93. The Morgan fingerprint density at radius 3 is 2.86 bits per heavy atom. The van der Waals surface area contributed by atoms with Gasteiger partial charge in [-0.3, -0.25) is 0 Å². The van der Waals surface area contributed by atoms with E-state index in [4.69, 9.17) is 10.8 Å². The van der Waals surface area contributed by atoms with Crippen LogP contribution in [0.15, 0.2) is 18.2 Å². The number of rotatable bonds is 1. The van der Waals surface area contributed by atoms with Gasteiger partial charge in [-0.2, -0.15) is 0 Å². The van der Waals surface area contributed by atoms with Gasteiger partial charge in [-0.1, -0.05) is 0 Å². The Balaban J connectivity index is 2.80. The molecule has 0 aliphatic rings. The topological polar surface area (TPSA) is 63.3 Å².